The van der Waals surface area contributed by atoms with Crippen molar-refractivity contribution in [2.75, 3.05) is 0 Å². The van der Waals surface area contributed by atoms with Gasteiger partial charge in [0, 0.05) is 6.42 Å². The summed E-state index contributed by atoms with van der Waals surface area (Å²) in [6.45, 7) is 19.0. The third-order valence-corrected chi connectivity index (χ3v) is 12.6. The monoisotopic (exact) mass is 570 g/mol. The second-order valence-electron chi connectivity index (χ2n) is 15.6. The molecule has 0 aromatic heterocycles. The van der Waals surface area contributed by atoms with Gasteiger partial charge in [-0.05, 0) is 104 Å². The molecule has 3 saturated carbocycles. The zero-order valence-electron chi connectivity index (χ0n) is 27.8. The highest BCUT2D eigenvalue weighted by atomic mass is 16.5. The number of fused-ring (bicyclic) bond motifs is 5. The minimum Gasteiger partial charge on any atom is -0.462 e. The van der Waals surface area contributed by atoms with Crippen LogP contribution in [-0.2, 0) is 19.1 Å². The Morgan fingerprint density at radius 1 is 0.927 bits per heavy atom. The smallest absolute Gasteiger partial charge is 0.306 e. The predicted molar refractivity (Wildman–Crippen MR) is 167 cm³/mol. The molecule has 234 valence electrons. The van der Waals surface area contributed by atoms with E-state index in [1.165, 1.54) is 44.9 Å². The molecule has 0 heterocycles. The van der Waals surface area contributed by atoms with E-state index >= 15 is 0 Å². The van der Waals surface area contributed by atoms with Crippen molar-refractivity contribution in [3.8, 4) is 0 Å². The van der Waals surface area contributed by atoms with Gasteiger partial charge in [-0.1, -0.05) is 86.3 Å². The van der Waals surface area contributed by atoms with Gasteiger partial charge in [0.15, 0.2) is 0 Å². The summed E-state index contributed by atoms with van der Waals surface area (Å²) in [7, 11) is 0. The van der Waals surface area contributed by atoms with E-state index in [0.717, 1.165) is 67.6 Å². The quantitative estimate of drug-likeness (QED) is 0.173. The second kappa shape index (κ2) is 13.5. The molecule has 0 N–H and O–H groups in total. The van der Waals surface area contributed by atoms with Crippen molar-refractivity contribution >= 4 is 11.9 Å². The normalized spacial score (nSPS) is 37.2. The molecule has 9 atom stereocenters. The van der Waals surface area contributed by atoms with Crippen molar-refractivity contribution in [1.29, 1.82) is 0 Å². The molecule has 0 aromatic carbocycles. The Labute approximate surface area is 252 Å². The number of carbonyl (C=O) groups is 2. The van der Waals surface area contributed by atoms with Crippen LogP contribution in [0.5, 0.6) is 0 Å². The van der Waals surface area contributed by atoms with Crippen LogP contribution in [0, 0.1) is 52.3 Å². The zero-order chi connectivity index (χ0) is 29.9. The summed E-state index contributed by atoms with van der Waals surface area (Å²) in [4.78, 5) is 24.8. The van der Waals surface area contributed by atoms with Crippen LogP contribution in [0.15, 0.2) is 11.6 Å². The Hall–Kier alpha value is -1.32. The average Bonchev–Trinajstić information content (AvgIpc) is 3.28. The molecule has 0 bridgehead atoms. The Balaban J connectivity index is 1.36. The fourth-order valence-electron chi connectivity index (χ4n) is 10.3. The summed E-state index contributed by atoms with van der Waals surface area (Å²) in [6, 6.07) is 0. The van der Waals surface area contributed by atoms with Crippen LogP contribution in [0.1, 0.15) is 145 Å². The van der Waals surface area contributed by atoms with Crippen LogP contribution >= 0.6 is 0 Å². The molecule has 4 rings (SSSR count). The predicted octanol–water partition coefficient (Wildman–Crippen LogP) is 9.70. The van der Waals surface area contributed by atoms with Crippen molar-refractivity contribution in [2.24, 2.45) is 52.3 Å². The van der Waals surface area contributed by atoms with Gasteiger partial charge in [-0.25, -0.2) is 0 Å². The molecule has 4 aliphatic carbocycles. The van der Waals surface area contributed by atoms with E-state index in [4.69, 9.17) is 9.47 Å². The number of rotatable bonds is 12. The molecule has 0 aliphatic heterocycles. The molecule has 4 heteroatoms. The number of carbonyl (C=O) groups excluding carboxylic acids is 2. The third-order valence-electron chi connectivity index (χ3n) is 12.6. The van der Waals surface area contributed by atoms with Crippen LogP contribution < -0.4 is 0 Å². The topological polar surface area (TPSA) is 52.6 Å². The largest absolute Gasteiger partial charge is 0.462 e. The molecule has 3 fully saturated rings. The van der Waals surface area contributed by atoms with E-state index in [-0.39, 0.29) is 42.4 Å². The van der Waals surface area contributed by atoms with Gasteiger partial charge >= 0.3 is 11.9 Å². The van der Waals surface area contributed by atoms with Gasteiger partial charge in [-0.3, -0.25) is 9.59 Å². The highest BCUT2D eigenvalue weighted by Gasteiger charge is 2.60. The van der Waals surface area contributed by atoms with Gasteiger partial charge < -0.3 is 9.47 Å². The molecule has 0 spiro atoms. The van der Waals surface area contributed by atoms with E-state index < -0.39 is 0 Å². The summed E-state index contributed by atoms with van der Waals surface area (Å²) in [5, 5.41) is 0. The third kappa shape index (κ3) is 6.93. The van der Waals surface area contributed by atoms with Gasteiger partial charge in [0.2, 0.25) is 0 Å². The lowest BCUT2D eigenvalue weighted by molar-refractivity contribution is -0.157. The molecule has 41 heavy (non-hydrogen) atoms. The molecule has 0 radical (unpaired) electrons. The first-order chi connectivity index (χ1) is 19.4. The fraction of sp³-hybridized carbons (Fsp3) is 0.892. The molecule has 4 nitrogen and oxygen atoms in total. The van der Waals surface area contributed by atoms with Crippen LogP contribution in [-0.4, -0.2) is 24.1 Å². The van der Waals surface area contributed by atoms with E-state index in [9.17, 15) is 9.59 Å². The lowest BCUT2D eigenvalue weighted by Gasteiger charge is -2.60. The molecule has 0 amide bonds. The first kappa shape index (κ1) is 32.6. The number of hydrogen-bond donors (Lipinski definition) is 0. The van der Waals surface area contributed by atoms with E-state index in [0.29, 0.717) is 11.3 Å². The summed E-state index contributed by atoms with van der Waals surface area (Å²) in [6.07, 6.45) is 17.0. The maximum absolute atomic E-state index is 12.7. The van der Waals surface area contributed by atoms with Crippen LogP contribution in [0.25, 0.3) is 0 Å². The van der Waals surface area contributed by atoms with Crippen molar-refractivity contribution in [3.63, 3.8) is 0 Å². The molecule has 4 aliphatic rings. The van der Waals surface area contributed by atoms with Gasteiger partial charge in [-0.2, -0.15) is 0 Å². The van der Waals surface area contributed by atoms with Gasteiger partial charge in [0.25, 0.3) is 0 Å². The summed E-state index contributed by atoms with van der Waals surface area (Å²) in [5.74, 6) is 4.98. The first-order valence-electron chi connectivity index (χ1n) is 17.5. The van der Waals surface area contributed by atoms with Crippen molar-refractivity contribution in [3.05, 3.63) is 11.6 Å². The van der Waals surface area contributed by atoms with E-state index in [1.807, 2.05) is 13.8 Å². The second-order valence-corrected chi connectivity index (χ2v) is 15.6. The molecular formula is C37H62O4. The number of ether oxygens (including phenoxy) is 2. The Bertz CT molecular complexity index is 933. The van der Waals surface area contributed by atoms with Crippen LogP contribution in [0.2, 0.25) is 0 Å². The number of esters is 2. The first-order valence-corrected chi connectivity index (χ1v) is 17.5. The summed E-state index contributed by atoms with van der Waals surface area (Å²) >= 11 is 0. The van der Waals surface area contributed by atoms with Gasteiger partial charge in [0.1, 0.15) is 12.2 Å². The van der Waals surface area contributed by atoms with Crippen molar-refractivity contribution in [2.45, 2.75) is 157 Å². The lowest BCUT2D eigenvalue weighted by Crippen LogP contribution is -2.53. The van der Waals surface area contributed by atoms with Crippen LogP contribution in [0.4, 0.5) is 0 Å². The minimum absolute atomic E-state index is 0.0514. The summed E-state index contributed by atoms with van der Waals surface area (Å²) in [5.41, 5.74) is 2.28. The number of hydrogen-bond acceptors (Lipinski definition) is 4. The maximum atomic E-state index is 12.7. The van der Waals surface area contributed by atoms with Crippen LogP contribution in [0.3, 0.4) is 0 Å². The molecule has 0 aromatic rings. The zero-order valence-corrected chi connectivity index (χ0v) is 27.8. The van der Waals surface area contributed by atoms with Crippen molar-refractivity contribution in [1.82, 2.24) is 0 Å². The standard InChI is InChI=1S/C37H62O4/c1-9-28(10-2)40-33(38)16-17-34(39)41-29-18-20-36(7)27(23-29)22-26(6)35-31-15-14-30(25(5)13-11-12-24(3)4)37(31,8)21-19-32(35)36/h22,24-26,28-32,35H,9-21,23H2,1-8H3/t25-,26-,29+,30-,31?,32?,35?,36+,37-/m1/s1. The summed E-state index contributed by atoms with van der Waals surface area (Å²) < 4.78 is 11.4. The Kier molecular flexibility index (Phi) is 10.8. The lowest BCUT2D eigenvalue weighted by atomic mass is 9.45. The van der Waals surface area contributed by atoms with Gasteiger partial charge in [-0.15, -0.1) is 0 Å². The van der Waals surface area contributed by atoms with Crippen molar-refractivity contribution < 1.29 is 19.1 Å². The molecule has 3 unspecified atom stereocenters. The highest BCUT2D eigenvalue weighted by Crippen LogP contribution is 2.68. The maximum Gasteiger partial charge on any atom is 0.306 e. The van der Waals surface area contributed by atoms with E-state index in [2.05, 4.69) is 47.6 Å². The highest BCUT2D eigenvalue weighted by molar-refractivity contribution is 5.77. The Morgan fingerprint density at radius 3 is 2.32 bits per heavy atom. The Morgan fingerprint density at radius 2 is 1.63 bits per heavy atom. The van der Waals surface area contributed by atoms with Gasteiger partial charge in [0.05, 0.1) is 12.8 Å². The fourth-order valence-corrected chi connectivity index (χ4v) is 10.3. The average molecular weight is 571 g/mol. The minimum atomic E-state index is -0.287. The van der Waals surface area contributed by atoms with E-state index in [1.54, 1.807) is 5.57 Å². The SMILES string of the molecule is CCC(CC)OC(=O)CCC(=O)O[C@H]1CC[C@@]2(C)C(=C[C@@H](C)C3C2CC[C@@]2(C)C3CC[C@@H]2[C@H](C)CCCC(C)C)C1. The number of allylic oxidation sites excluding steroid dienone is 1. The molecular weight excluding hydrogens is 508 g/mol. The molecule has 0 saturated heterocycles.